The van der Waals surface area contributed by atoms with Crippen LogP contribution in [-0.4, -0.2) is 13.0 Å². The monoisotopic (exact) mass is 390 g/mol. The summed E-state index contributed by atoms with van der Waals surface area (Å²) in [6.45, 7) is 0. The summed E-state index contributed by atoms with van der Waals surface area (Å²) < 4.78 is 33.5. The van der Waals surface area contributed by atoms with Crippen molar-refractivity contribution in [3.05, 3.63) is 51.4 Å². The van der Waals surface area contributed by atoms with Gasteiger partial charge in [-0.2, -0.15) is 8.42 Å². The maximum Gasteiger partial charge on any atom is 0.295 e. The van der Waals surface area contributed by atoms with Gasteiger partial charge in [0.25, 0.3) is 10.1 Å². The lowest BCUT2D eigenvalue weighted by molar-refractivity contribution is 0.483. The van der Waals surface area contributed by atoms with E-state index in [1.165, 1.54) is 6.07 Å². The number of hydrogen-bond acceptors (Lipinski definition) is 2. The van der Waals surface area contributed by atoms with Gasteiger partial charge in [0.15, 0.2) is 0 Å². The highest BCUT2D eigenvalue weighted by Crippen LogP contribution is 2.30. The molecule has 18 heavy (non-hydrogen) atoms. The van der Waals surface area contributed by atoms with Gasteiger partial charge in [-0.05, 0) is 29.8 Å². The lowest BCUT2D eigenvalue weighted by Crippen LogP contribution is -2.00. The molecular weight excluding hydrogens is 384 g/mol. The summed E-state index contributed by atoms with van der Waals surface area (Å²) in [6, 6.07) is 11.9. The Labute approximate surface area is 122 Å². The Morgan fingerprint density at radius 1 is 0.889 bits per heavy atom. The van der Waals surface area contributed by atoms with Crippen molar-refractivity contribution in [3.8, 4) is 11.1 Å². The fourth-order valence-corrected chi connectivity index (χ4v) is 3.09. The van der Waals surface area contributed by atoms with Crippen LogP contribution in [0, 0.1) is 0 Å². The highest BCUT2D eigenvalue weighted by atomic mass is 79.9. The Balaban J connectivity index is 2.68. The average Bonchev–Trinajstić information content (AvgIpc) is 2.29. The van der Waals surface area contributed by atoms with Gasteiger partial charge in [0.2, 0.25) is 0 Å². The Bertz CT molecular complexity index is 679. The SMILES string of the molecule is O=S(=O)(O)c1cc(Br)ccc1-c1ccc(Br)cc1. The molecule has 2 aromatic rings. The van der Waals surface area contributed by atoms with E-state index in [0.29, 0.717) is 10.0 Å². The van der Waals surface area contributed by atoms with Gasteiger partial charge in [-0.3, -0.25) is 4.55 Å². The molecule has 1 N–H and O–H groups in total. The summed E-state index contributed by atoms with van der Waals surface area (Å²) in [7, 11) is -4.26. The van der Waals surface area contributed by atoms with Crippen LogP contribution in [0.3, 0.4) is 0 Å². The van der Waals surface area contributed by atoms with Crippen molar-refractivity contribution in [2.75, 3.05) is 0 Å². The van der Waals surface area contributed by atoms with Crippen LogP contribution in [0.25, 0.3) is 11.1 Å². The minimum Gasteiger partial charge on any atom is -0.282 e. The fraction of sp³-hybridized carbons (Fsp3) is 0. The van der Waals surface area contributed by atoms with E-state index in [1.54, 1.807) is 24.3 Å². The third kappa shape index (κ3) is 3.00. The van der Waals surface area contributed by atoms with Gasteiger partial charge in [0.05, 0.1) is 0 Å². The van der Waals surface area contributed by atoms with Gasteiger partial charge in [-0.1, -0.05) is 50.1 Å². The number of benzene rings is 2. The zero-order valence-electron chi connectivity index (χ0n) is 8.97. The predicted molar refractivity (Wildman–Crippen MR) is 77.1 cm³/mol. The summed E-state index contributed by atoms with van der Waals surface area (Å²) >= 11 is 6.50. The zero-order valence-corrected chi connectivity index (χ0v) is 13.0. The molecule has 0 bridgehead atoms. The molecule has 0 atom stereocenters. The van der Waals surface area contributed by atoms with Gasteiger partial charge in [0, 0.05) is 14.5 Å². The molecule has 2 aromatic carbocycles. The third-order valence-electron chi connectivity index (χ3n) is 2.38. The molecule has 0 aromatic heterocycles. The minimum atomic E-state index is -4.26. The molecule has 2 rings (SSSR count). The van der Waals surface area contributed by atoms with Crippen molar-refractivity contribution in [1.82, 2.24) is 0 Å². The van der Waals surface area contributed by atoms with Crippen LogP contribution in [0.1, 0.15) is 0 Å². The first kappa shape index (κ1) is 13.7. The number of rotatable bonds is 2. The molecule has 0 aliphatic carbocycles. The molecule has 0 spiro atoms. The summed E-state index contributed by atoms with van der Waals surface area (Å²) in [5.41, 5.74) is 1.19. The number of halogens is 2. The van der Waals surface area contributed by atoms with Crippen molar-refractivity contribution in [2.24, 2.45) is 0 Å². The first-order chi connectivity index (χ1) is 8.38. The van der Waals surface area contributed by atoms with E-state index in [2.05, 4.69) is 31.9 Å². The zero-order chi connectivity index (χ0) is 13.3. The number of hydrogen-bond donors (Lipinski definition) is 1. The molecule has 0 saturated heterocycles. The van der Waals surface area contributed by atoms with Crippen LogP contribution in [-0.2, 0) is 10.1 Å². The van der Waals surface area contributed by atoms with Crippen LogP contribution in [0.2, 0.25) is 0 Å². The summed E-state index contributed by atoms with van der Waals surface area (Å²) in [6.07, 6.45) is 0. The van der Waals surface area contributed by atoms with E-state index >= 15 is 0 Å². The van der Waals surface area contributed by atoms with Crippen molar-refractivity contribution < 1.29 is 13.0 Å². The Kier molecular flexibility index (Phi) is 3.91. The van der Waals surface area contributed by atoms with Gasteiger partial charge in [-0.25, -0.2) is 0 Å². The van der Waals surface area contributed by atoms with Gasteiger partial charge in [0.1, 0.15) is 4.90 Å². The Morgan fingerprint density at radius 2 is 1.44 bits per heavy atom. The highest BCUT2D eigenvalue weighted by Gasteiger charge is 2.16. The molecule has 0 fully saturated rings. The lowest BCUT2D eigenvalue weighted by atomic mass is 10.1. The lowest BCUT2D eigenvalue weighted by Gasteiger charge is -2.08. The molecule has 6 heteroatoms. The van der Waals surface area contributed by atoms with Crippen molar-refractivity contribution in [2.45, 2.75) is 4.90 Å². The second kappa shape index (κ2) is 5.13. The highest BCUT2D eigenvalue weighted by molar-refractivity contribution is 9.10. The smallest absolute Gasteiger partial charge is 0.282 e. The van der Waals surface area contributed by atoms with Crippen LogP contribution in [0.4, 0.5) is 0 Å². The summed E-state index contributed by atoms with van der Waals surface area (Å²) in [5.74, 6) is 0. The molecule has 0 aliphatic heterocycles. The molecule has 3 nitrogen and oxygen atoms in total. The molecular formula is C12H8Br2O3S. The first-order valence-electron chi connectivity index (χ1n) is 4.91. The topological polar surface area (TPSA) is 54.4 Å². The van der Waals surface area contributed by atoms with Crippen molar-refractivity contribution in [1.29, 1.82) is 0 Å². The van der Waals surface area contributed by atoms with E-state index in [4.69, 9.17) is 0 Å². The van der Waals surface area contributed by atoms with Gasteiger partial charge < -0.3 is 0 Å². The molecule has 0 saturated carbocycles. The Hall–Kier alpha value is -0.690. The van der Waals surface area contributed by atoms with Crippen LogP contribution < -0.4 is 0 Å². The largest absolute Gasteiger partial charge is 0.295 e. The fourth-order valence-electron chi connectivity index (χ4n) is 1.58. The standard InChI is InChI=1S/C12H8Br2O3S/c13-9-3-1-8(2-4-9)11-6-5-10(14)7-12(11)18(15,16)17/h1-7H,(H,15,16,17). The van der Waals surface area contributed by atoms with Crippen molar-refractivity contribution in [3.63, 3.8) is 0 Å². The normalized spacial score (nSPS) is 11.5. The molecule has 0 aliphatic rings. The maximum atomic E-state index is 11.4. The van der Waals surface area contributed by atoms with E-state index in [1.807, 2.05) is 12.1 Å². The Morgan fingerprint density at radius 3 is 2.00 bits per heavy atom. The van der Waals surface area contributed by atoms with Gasteiger partial charge in [-0.15, -0.1) is 0 Å². The van der Waals surface area contributed by atoms with E-state index in [9.17, 15) is 13.0 Å². The molecule has 0 unspecified atom stereocenters. The summed E-state index contributed by atoms with van der Waals surface area (Å²) in [4.78, 5) is -0.112. The van der Waals surface area contributed by atoms with Crippen LogP contribution in [0.5, 0.6) is 0 Å². The minimum absolute atomic E-state index is 0.112. The van der Waals surface area contributed by atoms with Gasteiger partial charge >= 0.3 is 0 Å². The summed E-state index contributed by atoms with van der Waals surface area (Å²) in [5, 5.41) is 0. The molecule has 94 valence electrons. The van der Waals surface area contributed by atoms with Crippen molar-refractivity contribution >= 4 is 42.0 Å². The second-order valence-corrected chi connectivity index (χ2v) is 6.84. The quantitative estimate of drug-likeness (QED) is 0.783. The second-order valence-electron chi connectivity index (χ2n) is 3.62. The van der Waals surface area contributed by atoms with Crippen LogP contribution >= 0.6 is 31.9 Å². The van der Waals surface area contributed by atoms with E-state index < -0.39 is 10.1 Å². The third-order valence-corrected chi connectivity index (χ3v) is 4.29. The van der Waals surface area contributed by atoms with E-state index in [-0.39, 0.29) is 4.90 Å². The molecule has 0 radical (unpaired) electrons. The first-order valence-corrected chi connectivity index (χ1v) is 7.93. The molecule has 0 heterocycles. The predicted octanol–water partition coefficient (Wildman–Crippen LogP) is 4.13. The van der Waals surface area contributed by atoms with Crippen LogP contribution in [0.15, 0.2) is 56.3 Å². The maximum absolute atomic E-state index is 11.4. The average molecular weight is 392 g/mol. The molecule has 0 amide bonds. The van der Waals surface area contributed by atoms with E-state index in [0.717, 1.165) is 10.0 Å².